The number of hydrogen-bond acceptors (Lipinski definition) is 4. The van der Waals surface area contributed by atoms with Crippen molar-refractivity contribution in [3.8, 4) is 5.75 Å². The lowest BCUT2D eigenvalue weighted by Crippen LogP contribution is -2.42. The summed E-state index contributed by atoms with van der Waals surface area (Å²) in [4.78, 5) is 15.7. The number of para-hydroxylation sites is 1. The number of benzene rings is 1. The summed E-state index contributed by atoms with van der Waals surface area (Å²) >= 11 is 1.71. The van der Waals surface area contributed by atoms with Gasteiger partial charge in [-0.2, -0.15) is 0 Å². The molecule has 2 heterocycles. The number of thiophene rings is 1. The van der Waals surface area contributed by atoms with Crippen LogP contribution in [0.5, 0.6) is 5.75 Å². The molecule has 2 N–H and O–H groups in total. The number of carbonyl (C=O) groups is 1. The fourth-order valence-electron chi connectivity index (χ4n) is 2.91. The third-order valence-electron chi connectivity index (χ3n) is 4.21. The molecule has 2 unspecified atom stereocenters. The van der Waals surface area contributed by atoms with Crippen molar-refractivity contribution in [1.82, 2.24) is 15.5 Å². The molecule has 0 saturated carbocycles. The van der Waals surface area contributed by atoms with E-state index in [4.69, 9.17) is 4.74 Å². The highest BCUT2D eigenvalue weighted by Gasteiger charge is 2.23. The summed E-state index contributed by atoms with van der Waals surface area (Å²) in [5, 5.41) is 8.13. The molecular formula is C18H23N3O2S. The Bertz CT molecular complexity index is 673. The summed E-state index contributed by atoms with van der Waals surface area (Å²) in [5.74, 6) is 0.860. The quantitative estimate of drug-likeness (QED) is 0.875. The maximum Gasteiger partial charge on any atom is 0.315 e. The lowest BCUT2D eigenvalue weighted by molar-refractivity contribution is 0.218. The van der Waals surface area contributed by atoms with Crippen LogP contribution in [0.25, 0.3) is 0 Å². The van der Waals surface area contributed by atoms with Crippen molar-refractivity contribution in [3.63, 3.8) is 0 Å². The van der Waals surface area contributed by atoms with Crippen LogP contribution in [0.3, 0.4) is 0 Å². The lowest BCUT2D eigenvalue weighted by Gasteiger charge is -2.28. The van der Waals surface area contributed by atoms with Gasteiger partial charge in [0.2, 0.25) is 0 Å². The van der Waals surface area contributed by atoms with Crippen LogP contribution in [0.4, 0.5) is 4.79 Å². The first-order valence-corrected chi connectivity index (χ1v) is 8.99. The summed E-state index contributed by atoms with van der Waals surface area (Å²) in [7, 11) is 4.05. The number of urea groups is 1. The van der Waals surface area contributed by atoms with Crippen molar-refractivity contribution in [2.75, 3.05) is 27.2 Å². The van der Waals surface area contributed by atoms with Crippen molar-refractivity contribution in [2.45, 2.75) is 18.5 Å². The first kappa shape index (κ1) is 16.8. The van der Waals surface area contributed by atoms with Crippen LogP contribution in [-0.2, 0) is 0 Å². The Morgan fingerprint density at radius 2 is 2.17 bits per heavy atom. The molecule has 0 spiro atoms. The van der Waals surface area contributed by atoms with E-state index in [0.29, 0.717) is 13.2 Å². The van der Waals surface area contributed by atoms with E-state index in [0.717, 1.165) is 17.7 Å². The van der Waals surface area contributed by atoms with Crippen molar-refractivity contribution in [1.29, 1.82) is 0 Å². The minimum atomic E-state index is -0.139. The second-order valence-corrected chi connectivity index (χ2v) is 7.06. The molecule has 1 aromatic heterocycles. The Hall–Kier alpha value is -2.05. The maximum atomic E-state index is 12.3. The third-order valence-corrected chi connectivity index (χ3v) is 5.19. The number of nitrogens with one attached hydrogen (secondary N) is 2. The zero-order chi connectivity index (χ0) is 16.9. The van der Waals surface area contributed by atoms with Crippen LogP contribution in [0.1, 0.15) is 28.9 Å². The highest BCUT2D eigenvalue weighted by molar-refractivity contribution is 7.10. The van der Waals surface area contributed by atoms with E-state index in [-0.39, 0.29) is 18.1 Å². The Balaban J connectivity index is 1.58. The number of carbonyl (C=O) groups excluding carboxylic acids is 1. The predicted molar refractivity (Wildman–Crippen MR) is 96.6 cm³/mol. The van der Waals surface area contributed by atoms with Gasteiger partial charge in [0.25, 0.3) is 0 Å². The van der Waals surface area contributed by atoms with Crippen molar-refractivity contribution < 1.29 is 9.53 Å². The molecule has 2 aromatic rings. The van der Waals surface area contributed by atoms with E-state index in [2.05, 4.69) is 27.0 Å². The molecule has 2 amide bonds. The summed E-state index contributed by atoms with van der Waals surface area (Å²) in [6.45, 7) is 1.20. The topological polar surface area (TPSA) is 53.6 Å². The van der Waals surface area contributed by atoms with E-state index >= 15 is 0 Å². The van der Waals surface area contributed by atoms with Crippen molar-refractivity contribution in [3.05, 3.63) is 52.2 Å². The molecule has 0 radical (unpaired) electrons. The van der Waals surface area contributed by atoms with E-state index in [9.17, 15) is 4.79 Å². The number of likely N-dealkylation sites (N-methyl/N-ethyl adjacent to an activating group) is 1. The summed E-state index contributed by atoms with van der Waals surface area (Å²) < 4.78 is 5.64. The van der Waals surface area contributed by atoms with Gasteiger partial charge in [-0.25, -0.2) is 4.79 Å². The van der Waals surface area contributed by atoms with Crippen LogP contribution >= 0.6 is 11.3 Å². The fourth-order valence-corrected chi connectivity index (χ4v) is 3.83. The molecular weight excluding hydrogens is 322 g/mol. The van der Waals surface area contributed by atoms with E-state index in [1.54, 1.807) is 11.3 Å². The molecule has 0 fully saturated rings. The monoisotopic (exact) mass is 345 g/mol. The van der Waals surface area contributed by atoms with Crippen LogP contribution in [-0.4, -0.2) is 38.2 Å². The van der Waals surface area contributed by atoms with Gasteiger partial charge in [-0.3, -0.25) is 0 Å². The van der Waals surface area contributed by atoms with E-state index in [1.165, 1.54) is 4.88 Å². The van der Waals surface area contributed by atoms with Crippen LogP contribution in [0, 0.1) is 0 Å². The number of rotatable bonds is 5. The molecule has 1 aliphatic heterocycles. The molecule has 0 bridgehead atoms. The minimum Gasteiger partial charge on any atom is -0.493 e. The molecule has 24 heavy (non-hydrogen) atoms. The second-order valence-electron chi connectivity index (χ2n) is 6.08. The standard InChI is InChI=1S/C18H23N3O2S/c1-21(2)15(17-8-5-11-24-17)12-19-18(22)20-14-9-10-23-16-7-4-3-6-13(14)16/h3-8,11,14-15H,9-10,12H2,1-2H3,(H2,19,20,22). The molecule has 1 aromatic carbocycles. The molecule has 0 aliphatic carbocycles. The molecule has 128 valence electrons. The van der Waals surface area contributed by atoms with Gasteiger partial charge >= 0.3 is 6.03 Å². The van der Waals surface area contributed by atoms with Crippen molar-refractivity contribution in [2.24, 2.45) is 0 Å². The van der Waals surface area contributed by atoms with Gasteiger partial charge in [-0.1, -0.05) is 24.3 Å². The van der Waals surface area contributed by atoms with Crippen LogP contribution < -0.4 is 15.4 Å². The Labute approximate surface area is 146 Å². The Morgan fingerprint density at radius 3 is 2.92 bits per heavy atom. The third kappa shape index (κ3) is 3.88. The van der Waals surface area contributed by atoms with Gasteiger partial charge in [0.1, 0.15) is 5.75 Å². The zero-order valence-corrected chi connectivity index (χ0v) is 14.8. The highest BCUT2D eigenvalue weighted by atomic mass is 32.1. The molecule has 1 aliphatic rings. The molecule has 3 rings (SSSR count). The Kier molecular flexibility index (Phi) is 5.37. The number of fused-ring (bicyclic) bond motifs is 1. The largest absolute Gasteiger partial charge is 0.493 e. The van der Waals surface area contributed by atoms with Gasteiger partial charge in [0.15, 0.2) is 0 Å². The zero-order valence-electron chi connectivity index (χ0n) is 14.0. The maximum absolute atomic E-state index is 12.3. The van der Waals surface area contributed by atoms with E-state index in [1.807, 2.05) is 44.4 Å². The summed E-state index contributed by atoms with van der Waals surface area (Å²) in [6.07, 6.45) is 0.784. The summed E-state index contributed by atoms with van der Waals surface area (Å²) in [6, 6.07) is 12.0. The molecule has 5 nitrogen and oxygen atoms in total. The molecule has 2 atom stereocenters. The Morgan fingerprint density at radius 1 is 1.33 bits per heavy atom. The number of amides is 2. The minimum absolute atomic E-state index is 0.00510. The normalized spacial score (nSPS) is 17.7. The lowest BCUT2D eigenvalue weighted by atomic mass is 10.0. The molecule has 0 saturated heterocycles. The van der Waals surface area contributed by atoms with Gasteiger partial charge < -0.3 is 20.3 Å². The van der Waals surface area contributed by atoms with Gasteiger partial charge in [0.05, 0.1) is 18.7 Å². The number of nitrogens with zero attached hydrogens (tertiary/aromatic N) is 1. The average Bonchev–Trinajstić information content (AvgIpc) is 3.09. The smallest absolute Gasteiger partial charge is 0.315 e. The number of ether oxygens (including phenoxy) is 1. The number of hydrogen-bond donors (Lipinski definition) is 2. The van der Waals surface area contributed by atoms with Gasteiger partial charge in [0, 0.05) is 23.4 Å². The van der Waals surface area contributed by atoms with Gasteiger partial charge in [-0.05, 0) is 31.6 Å². The van der Waals surface area contributed by atoms with E-state index < -0.39 is 0 Å². The second kappa shape index (κ2) is 7.68. The van der Waals surface area contributed by atoms with Crippen LogP contribution in [0.2, 0.25) is 0 Å². The fraction of sp³-hybridized carbons (Fsp3) is 0.389. The SMILES string of the molecule is CN(C)C(CNC(=O)NC1CCOc2ccccc21)c1cccs1. The average molecular weight is 345 g/mol. The highest BCUT2D eigenvalue weighted by Crippen LogP contribution is 2.31. The molecule has 6 heteroatoms. The summed E-state index contributed by atoms with van der Waals surface area (Å²) in [5.41, 5.74) is 1.04. The van der Waals surface area contributed by atoms with Crippen LogP contribution in [0.15, 0.2) is 41.8 Å². The first-order valence-electron chi connectivity index (χ1n) is 8.11. The van der Waals surface area contributed by atoms with Gasteiger partial charge in [-0.15, -0.1) is 11.3 Å². The predicted octanol–water partition coefficient (Wildman–Crippen LogP) is 3.17. The van der Waals surface area contributed by atoms with Crippen molar-refractivity contribution >= 4 is 17.4 Å². The first-order chi connectivity index (χ1) is 11.6.